The Kier molecular flexibility index (Phi) is 8.81. The summed E-state index contributed by atoms with van der Waals surface area (Å²) < 4.78 is 29.2. The monoisotopic (exact) mass is 561 g/mol. The minimum atomic E-state index is -1.13. The highest BCUT2D eigenvalue weighted by molar-refractivity contribution is 5.90. The number of rotatable bonds is 6. The van der Waals surface area contributed by atoms with E-state index in [1.165, 1.54) is 0 Å². The smallest absolute Gasteiger partial charge is 0.409 e. The molecule has 3 aromatic rings. The topological polar surface area (TPSA) is 96.2 Å². The minimum absolute atomic E-state index is 0.107. The summed E-state index contributed by atoms with van der Waals surface area (Å²) in [7, 11) is 0. The average Bonchev–Trinajstić information content (AvgIpc) is 2.90. The molecule has 1 unspecified atom stereocenters. The van der Waals surface area contributed by atoms with E-state index in [1.54, 1.807) is 71.0 Å². The zero-order valence-corrected chi connectivity index (χ0v) is 24.9. The van der Waals surface area contributed by atoms with E-state index in [0.717, 1.165) is 6.42 Å². The molecule has 0 radical (unpaired) electrons. The van der Waals surface area contributed by atoms with Crippen molar-refractivity contribution in [1.29, 1.82) is 0 Å². The van der Waals surface area contributed by atoms with Gasteiger partial charge in [0.25, 0.3) is 0 Å². The van der Waals surface area contributed by atoms with Crippen LogP contribution in [0, 0.1) is 17.8 Å². The van der Waals surface area contributed by atoms with Crippen LogP contribution in [0.5, 0.6) is 5.75 Å². The van der Waals surface area contributed by atoms with Gasteiger partial charge in [-0.05, 0) is 84.2 Å². The van der Waals surface area contributed by atoms with E-state index >= 15 is 0 Å². The second-order valence-electron chi connectivity index (χ2n) is 12.0. The van der Waals surface area contributed by atoms with Crippen LogP contribution in [0.15, 0.2) is 57.8 Å². The molecule has 1 fully saturated rings. The first-order valence-electron chi connectivity index (χ1n) is 13.8. The van der Waals surface area contributed by atoms with Gasteiger partial charge in [0, 0.05) is 11.6 Å². The van der Waals surface area contributed by atoms with Gasteiger partial charge >= 0.3 is 6.09 Å². The van der Waals surface area contributed by atoms with Gasteiger partial charge in [-0.15, -0.1) is 0 Å². The number of nitrogens with one attached hydrogen (secondary N) is 1. The largest absolute Gasteiger partial charge is 0.493 e. The van der Waals surface area contributed by atoms with Gasteiger partial charge in [0.1, 0.15) is 22.5 Å². The molecule has 8 nitrogen and oxygen atoms in total. The Bertz CT molecular complexity index is 1560. The van der Waals surface area contributed by atoms with Gasteiger partial charge in [-0.25, -0.2) is 4.79 Å². The van der Waals surface area contributed by atoms with E-state index in [2.05, 4.69) is 30.2 Å². The van der Waals surface area contributed by atoms with Crippen LogP contribution in [-0.2, 0) is 14.2 Å². The van der Waals surface area contributed by atoms with Gasteiger partial charge in [0.05, 0.1) is 30.6 Å². The zero-order valence-electron chi connectivity index (χ0n) is 24.9. The van der Waals surface area contributed by atoms with Crippen molar-refractivity contribution < 1.29 is 28.2 Å². The molecule has 1 aromatic heterocycles. The van der Waals surface area contributed by atoms with E-state index in [4.69, 9.17) is 23.4 Å². The number of benzene rings is 2. The van der Waals surface area contributed by atoms with Gasteiger partial charge in [-0.1, -0.05) is 30.9 Å². The summed E-state index contributed by atoms with van der Waals surface area (Å²) in [6, 6.07) is 10.4. The number of carbonyl (C=O) groups is 1. The summed E-state index contributed by atoms with van der Waals surface area (Å²) >= 11 is 0. The van der Waals surface area contributed by atoms with Crippen LogP contribution in [0.25, 0.3) is 21.9 Å². The van der Waals surface area contributed by atoms with Crippen LogP contribution < -0.4 is 15.5 Å². The first kappa shape index (κ1) is 30.2. The fourth-order valence-electron chi connectivity index (χ4n) is 4.22. The molecule has 8 heteroatoms. The number of alkyl carbamates (subject to hydrolysis) is 1. The van der Waals surface area contributed by atoms with Crippen molar-refractivity contribution in [2.45, 2.75) is 71.8 Å². The highest BCUT2D eigenvalue weighted by Gasteiger charge is 2.41. The molecule has 1 atom stereocenters. The Balaban J connectivity index is 1.63. The third-order valence-corrected chi connectivity index (χ3v) is 6.47. The van der Waals surface area contributed by atoms with E-state index in [1.807, 2.05) is 13.0 Å². The van der Waals surface area contributed by atoms with Crippen molar-refractivity contribution in [1.82, 2.24) is 5.32 Å². The summed E-state index contributed by atoms with van der Waals surface area (Å²) in [6.07, 6.45) is 4.45. The van der Waals surface area contributed by atoms with Crippen LogP contribution >= 0.6 is 0 Å². The van der Waals surface area contributed by atoms with Crippen LogP contribution in [0.4, 0.5) is 4.79 Å². The van der Waals surface area contributed by atoms with Gasteiger partial charge in [0.15, 0.2) is 11.3 Å². The van der Waals surface area contributed by atoms with Crippen LogP contribution in [0.3, 0.4) is 0 Å². The maximum Gasteiger partial charge on any atom is 0.409 e. The second kappa shape index (κ2) is 12.0. The maximum atomic E-state index is 13.2. The van der Waals surface area contributed by atoms with E-state index in [9.17, 15) is 9.59 Å². The first-order chi connectivity index (χ1) is 19.3. The Morgan fingerprint density at radius 3 is 2.41 bits per heavy atom. The lowest BCUT2D eigenvalue weighted by Gasteiger charge is -2.41. The number of carbonyl (C=O) groups excluding carboxylic acids is 1. The quantitative estimate of drug-likeness (QED) is 0.214. The molecular formula is C33H39NO7. The van der Waals surface area contributed by atoms with Crippen molar-refractivity contribution in [2.75, 3.05) is 19.8 Å². The van der Waals surface area contributed by atoms with Crippen LogP contribution in [-0.4, -0.2) is 42.8 Å². The molecule has 1 saturated heterocycles. The second-order valence-corrected chi connectivity index (χ2v) is 12.0. The fourth-order valence-corrected chi connectivity index (χ4v) is 4.22. The molecule has 0 saturated carbocycles. The summed E-state index contributed by atoms with van der Waals surface area (Å²) in [4.78, 5) is 25.8. The summed E-state index contributed by atoms with van der Waals surface area (Å²) in [6.45, 7) is 13.8. The number of amides is 1. The molecule has 0 spiro atoms. The minimum Gasteiger partial charge on any atom is -0.493 e. The third kappa shape index (κ3) is 7.90. The maximum absolute atomic E-state index is 13.2. The Morgan fingerprint density at radius 2 is 1.76 bits per heavy atom. The number of hydrogen-bond acceptors (Lipinski definition) is 7. The van der Waals surface area contributed by atoms with E-state index in [-0.39, 0.29) is 18.6 Å². The molecule has 41 heavy (non-hydrogen) atoms. The lowest BCUT2D eigenvalue weighted by atomic mass is 10.00. The first-order valence-corrected chi connectivity index (χ1v) is 13.8. The van der Waals surface area contributed by atoms with Crippen LogP contribution in [0.2, 0.25) is 0 Å². The molecule has 1 amide bonds. The Labute approximate surface area is 241 Å². The third-order valence-electron chi connectivity index (χ3n) is 6.47. The van der Waals surface area contributed by atoms with Gasteiger partial charge in [0.2, 0.25) is 5.43 Å². The highest BCUT2D eigenvalue weighted by Crippen LogP contribution is 2.26. The summed E-state index contributed by atoms with van der Waals surface area (Å²) in [5, 5.41) is 3.75. The van der Waals surface area contributed by atoms with Gasteiger partial charge in [-0.2, -0.15) is 0 Å². The summed E-state index contributed by atoms with van der Waals surface area (Å²) in [5.74, 6) is 6.40. The van der Waals surface area contributed by atoms with Gasteiger partial charge < -0.3 is 28.7 Å². The standard InChI is InChI=1S/C33H39NO7/c1-8-9-10-22(2)19-37-24-12-14-26-28(18-24)40-27-17-23(11-13-25(27)29(26)35)15-16-33(20-38-32(6,7)39-21-33)34-30(36)41-31(3,4)5/h8-9,11-14,17-18,22H,10,19-21H2,1-7H3,(H,34,36)/b9-8-. The van der Waals surface area contributed by atoms with Crippen molar-refractivity contribution in [3.63, 3.8) is 0 Å². The Morgan fingerprint density at radius 1 is 1.10 bits per heavy atom. The number of allylic oxidation sites excluding steroid dienone is 2. The van der Waals surface area contributed by atoms with Crippen molar-refractivity contribution in [3.05, 3.63) is 64.3 Å². The van der Waals surface area contributed by atoms with Crippen LogP contribution in [0.1, 0.15) is 60.5 Å². The molecule has 1 aliphatic rings. The molecule has 4 rings (SSSR count). The fraction of sp³-hybridized carbons (Fsp3) is 0.455. The average molecular weight is 562 g/mol. The number of hydrogen-bond donors (Lipinski definition) is 1. The predicted octanol–water partition coefficient (Wildman–Crippen LogP) is 6.33. The SMILES string of the molecule is C/C=C\CC(C)COc1ccc2c(=O)c3ccc(C#CC4(NC(=O)OC(C)(C)C)COC(C)(C)OC4)cc3oc2c1. The lowest BCUT2D eigenvalue weighted by Crippen LogP contribution is -2.60. The number of ether oxygens (including phenoxy) is 4. The molecule has 0 aliphatic carbocycles. The Hall–Kier alpha value is -3.80. The molecule has 1 aliphatic heterocycles. The van der Waals surface area contributed by atoms with Crippen molar-refractivity contribution in [3.8, 4) is 17.6 Å². The van der Waals surface area contributed by atoms with E-state index in [0.29, 0.717) is 45.8 Å². The molecule has 0 bridgehead atoms. The van der Waals surface area contributed by atoms with E-state index < -0.39 is 23.0 Å². The van der Waals surface area contributed by atoms with Crippen molar-refractivity contribution >= 4 is 28.0 Å². The normalized spacial score (nSPS) is 17.1. The zero-order chi connectivity index (χ0) is 29.8. The molecular weight excluding hydrogens is 522 g/mol. The van der Waals surface area contributed by atoms with Gasteiger partial charge in [-0.3, -0.25) is 4.79 Å². The molecule has 2 heterocycles. The highest BCUT2D eigenvalue weighted by atomic mass is 16.7. The molecule has 218 valence electrons. The van der Waals surface area contributed by atoms with Crippen molar-refractivity contribution in [2.24, 2.45) is 5.92 Å². The predicted molar refractivity (Wildman–Crippen MR) is 159 cm³/mol. The number of fused-ring (bicyclic) bond motifs is 2. The molecule has 2 aromatic carbocycles. The summed E-state index contributed by atoms with van der Waals surface area (Å²) in [5.41, 5.74) is -0.505. The lowest BCUT2D eigenvalue weighted by molar-refractivity contribution is -0.262. The molecule has 1 N–H and O–H groups in total.